The third-order valence-electron chi connectivity index (χ3n) is 4.47. The number of nitrogens with zero attached hydrogens (tertiary/aromatic N) is 3. The molecule has 0 aliphatic carbocycles. The lowest BCUT2D eigenvalue weighted by Crippen LogP contribution is -2.44. The zero-order valence-corrected chi connectivity index (χ0v) is 15.3. The number of benzene rings is 1. The summed E-state index contributed by atoms with van der Waals surface area (Å²) in [5, 5.41) is 0.119. The molecule has 0 saturated carbocycles. The molecule has 0 radical (unpaired) electrons. The molecule has 2 aliphatic rings. The monoisotopic (exact) mass is 353 g/mol. The number of sulfonamides is 1. The minimum absolute atomic E-state index is 0.119. The highest BCUT2D eigenvalue weighted by atomic mass is 32.2. The minimum atomic E-state index is -3.58. The highest BCUT2D eigenvalue weighted by Gasteiger charge is 2.38. The van der Waals surface area contributed by atoms with E-state index >= 15 is 0 Å². The Morgan fingerprint density at radius 3 is 2.79 bits per heavy atom. The third kappa shape index (κ3) is 2.78. The predicted molar refractivity (Wildman–Crippen MR) is 91.7 cm³/mol. The topological polar surface area (TPSA) is 71.4 Å². The molecule has 0 saturated heterocycles. The molecular formula is C16H23N3O4S. The van der Waals surface area contributed by atoms with Crippen LogP contribution in [0.15, 0.2) is 17.1 Å². The van der Waals surface area contributed by atoms with Gasteiger partial charge in [0.1, 0.15) is 5.75 Å². The van der Waals surface area contributed by atoms with E-state index in [1.807, 2.05) is 24.0 Å². The number of fused-ring (bicyclic) bond motifs is 1. The van der Waals surface area contributed by atoms with Crippen LogP contribution >= 0.6 is 0 Å². The van der Waals surface area contributed by atoms with Crippen molar-refractivity contribution in [2.24, 2.45) is 4.99 Å². The van der Waals surface area contributed by atoms with E-state index in [4.69, 9.17) is 9.47 Å². The second-order valence-electron chi connectivity index (χ2n) is 6.20. The highest BCUT2D eigenvalue weighted by molar-refractivity contribution is 8.04. The normalized spacial score (nSPS) is 21.0. The van der Waals surface area contributed by atoms with Gasteiger partial charge < -0.3 is 14.4 Å². The zero-order valence-electron chi connectivity index (χ0n) is 14.4. The molecule has 132 valence electrons. The van der Waals surface area contributed by atoms with Crippen LogP contribution in [0.4, 0.5) is 0 Å². The first-order valence-corrected chi connectivity index (χ1v) is 9.29. The first kappa shape index (κ1) is 17.2. The van der Waals surface area contributed by atoms with Gasteiger partial charge in [0.2, 0.25) is 5.17 Å². The van der Waals surface area contributed by atoms with E-state index in [9.17, 15) is 8.42 Å². The van der Waals surface area contributed by atoms with Gasteiger partial charge in [0.05, 0.1) is 32.9 Å². The molecule has 0 bridgehead atoms. The van der Waals surface area contributed by atoms with Gasteiger partial charge in [0.15, 0.2) is 0 Å². The Bertz CT molecular complexity index is 774. The van der Waals surface area contributed by atoms with E-state index in [0.29, 0.717) is 26.3 Å². The number of ether oxygens (including phenoxy) is 2. The fourth-order valence-electron chi connectivity index (χ4n) is 3.17. The van der Waals surface area contributed by atoms with Gasteiger partial charge in [-0.25, -0.2) is 12.7 Å². The number of aryl methyl sites for hydroxylation is 1. The summed E-state index contributed by atoms with van der Waals surface area (Å²) in [7, 11) is 1.10. The lowest BCUT2D eigenvalue weighted by Gasteiger charge is -2.35. The van der Waals surface area contributed by atoms with Gasteiger partial charge in [-0.1, -0.05) is 0 Å². The van der Waals surface area contributed by atoms with Crippen LogP contribution in [0.25, 0.3) is 0 Å². The van der Waals surface area contributed by atoms with Crippen LogP contribution in [0, 0.1) is 6.92 Å². The molecule has 0 N–H and O–H groups in total. The maximum atomic E-state index is 12.6. The van der Waals surface area contributed by atoms with E-state index in [2.05, 4.69) is 4.99 Å². The van der Waals surface area contributed by atoms with Crippen LogP contribution in [0.5, 0.6) is 5.75 Å². The molecule has 1 atom stereocenters. The van der Waals surface area contributed by atoms with Crippen LogP contribution in [0.1, 0.15) is 22.7 Å². The molecule has 0 fully saturated rings. The fourth-order valence-corrected chi connectivity index (χ4v) is 4.26. The van der Waals surface area contributed by atoms with Gasteiger partial charge in [-0.05, 0) is 35.7 Å². The second-order valence-corrected chi connectivity index (χ2v) is 8.24. The minimum Gasteiger partial charge on any atom is -0.496 e. The Morgan fingerprint density at radius 1 is 1.38 bits per heavy atom. The Morgan fingerprint density at radius 2 is 2.12 bits per heavy atom. The SMILES string of the molecule is COc1cc2c(cc1C)COCC2N1CCN=C1S(=O)(=O)N(C)C. The summed E-state index contributed by atoms with van der Waals surface area (Å²) in [4.78, 5) is 6.08. The Kier molecular flexibility index (Phi) is 4.54. The van der Waals surface area contributed by atoms with Crippen LogP contribution in [-0.4, -0.2) is 63.7 Å². The summed E-state index contributed by atoms with van der Waals surface area (Å²) < 4.78 is 37.5. The molecule has 8 heteroatoms. The number of methoxy groups -OCH3 is 1. The maximum Gasteiger partial charge on any atom is 0.275 e. The average Bonchev–Trinajstić information content (AvgIpc) is 3.03. The second kappa shape index (κ2) is 6.34. The van der Waals surface area contributed by atoms with E-state index in [-0.39, 0.29) is 11.2 Å². The molecule has 1 unspecified atom stereocenters. The quantitative estimate of drug-likeness (QED) is 0.815. The molecule has 0 aromatic heterocycles. The number of amidine groups is 1. The van der Waals surface area contributed by atoms with Crippen LogP contribution in [0.3, 0.4) is 0 Å². The van der Waals surface area contributed by atoms with Crippen LogP contribution < -0.4 is 4.74 Å². The van der Waals surface area contributed by atoms with Crippen molar-refractivity contribution >= 4 is 15.2 Å². The highest BCUT2D eigenvalue weighted by Crippen LogP contribution is 2.36. The summed E-state index contributed by atoms with van der Waals surface area (Å²) in [6, 6.07) is 3.86. The third-order valence-corrected chi connectivity index (χ3v) is 6.26. The first-order valence-electron chi connectivity index (χ1n) is 7.85. The molecule has 1 aromatic carbocycles. The molecule has 24 heavy (non-hydrogen) atoms. The van der Waals surface area contributed by atoms with Gasteiger partial charge in [-0.3, -0.25) is 4.99 Å². The van der Waals surface area contributed by atoms with Gasteiger partial charge in [-0.2, -0.15) is 0 Å². The smallest absolute Gasteiger partial charge is 0.275 e. The Balaban J connectivity index is 2.02. The van der Waals surface area contributed by atoms with Crippen molar-refractivity contribution in [2.75, 3.05) is 40.9 Å². The van der Waals surface area contributed by atoms with Crippen LogP contribution in [0.2, 0.25) is 0 Å². The van der Waals surface area contributed by atoms with Crippen molar-refractivity contribution in [2.45, 2.75) is 19.6 Å². The van der Waals surface area contributed by atoms with Crippen LogP contribution in [-0.2, 0) is 21.4 Å². The van der Waals surface area contributed by atoms with Crippen molar-refractivity contribution in [3.63, 3.8) is 0 Å². The fraction of sp³-hybridized carbons (Fsp3) is 0.562. The predicted octanol–water partition coefficient (Wildman–Crippen LogP) is 1.14. The summed E-state index contributed by atoms with van der Waals surface area (Å²) >= 11 is 0. The average molecular weight is 353 g/mol. The summed E-state index contributed by atoms with van der Waals surface area (Å²) in [5.74, 6) is 0.800. The van der Waals surface area contributed by atoms with E-state index in [1.165, 1.54) is 18.4 Å². The van der Waals surface area contributed by atoms with Crippen molar-refractivity contribution in [3.05, 3.63) is 28.8 Å². The molecular weight excluding hydrogens is 330 g/mol. The van der Waals surface area contributed by atoms with Crippen molar-refractivity contribution in [1.82, 2.24) is 9.21 Å². The number of hydrogen-bond acceptors (Lipinski definition) is 6. The Hall–Kier alpha value is -1.64. The summed E-state index contributed by atoms with van der Waals surface area (Å²) in [6.45, 7) is 3.98. The molecule has 7 nitrogen and oxygen atoms in total. The van der Waals surface area contributed by atoms with Gasteiger partial charge in [0.25, 0.3) is 10.0 Å². The summed E-state index contributed by atoms with van der Waals surface area (Å²) in [6.07, 6.45) is 0. The number of aliphatic imine (C=N–C) groups is 1. The lowest BCUT2D eigenvalue weighted by atomic mass is 9.95. The number of hydrogen-bond donors (Lipinski definition) is 0. The van der Waals surface area contributed by atoms with Crippen molar-refractivity contribution < 1.29 is 17.9 Å². The maximum absolute atomic E-state index is 12.6. The summed E-state index contributed by atoms with van der Waals surface area (Å²) in [5.41, 5.74) is 3.15. The molecule has 2 heterocycles. The van der Waals surface area contributed by atoms with E-state index in [0.717, 1.165) is 22.4 Å². The van der Waals surface area contributed by atoms with E-state index < -0.39 is 10.0 Å². The van der Waals surface area contributed by atoms with E-state index in [1.54, 1.807) is 7.11 Å². The zero-order chi connectivity index (χ0) is 17.5. The molecule has 0 spiro atoms. The Labute approximate surface area is 142 Å². The lowest BCUT2D eigenvalue weighted by molar-refractivity contribution is 0.0588. The van der Waals surface area contributed by atoms with Crippen molar-refractivity contribution in [3.8, 4) is 5.75 Å². The van der Waals surface area contributed by atoms with Gasteiger partial charge >= 0.3 is 0 Å². The van der Waals surface area contributed by atoms with Crippen molar-refractivity contribution in [1.29, 1.82) is 0 Å². The molecule has 3 rings (SSSR count). The van der Waals surface area contributed by atoms with Gasteiger partial charge in [-0.15, -0.1) is 0 Å². The first-order chi connectivity index (χ1) is 11.4. The molecule has 0 amide bonds. The van der Waals surface area contributed by atoms with Gasteiger partial charge in [0, 0.05) is 20.6 Å². The standard InChI is InChI=1S/C16H23N3O4S/c1-11-7-12-9-23-10-14(13(12)8-15(11)22-4)19-6-5-17-16(19)24(20,21)18(2)3/h7-8,14H,5-6,9-10H2,1-4H3. The molecule has 2 aliphatic heterocycles. The largest absolute Gasteiger partial charge is 0.496 e. The number of rotatable bonds is 3. The molecule has 1 aromatic rings.